The Kier molecular flexibility index (Phi) is 6.19. The minimum absolute atomic E-state index is 0.0517. The van der Waals surface area contributed by atoms with Crippen molar-refractivity contribution in [2.24, 2.45) is 29.1 Å². The van der Waals surface area contributed by atoms with Crippen LogP contribution in [0.1, 0.15) is 53.0 Å². The normalized spacial score (nSPS) is 47.3. The van der Waals surface area contributed by atoms with E-state index in [0.717, 1.165) is 12.0 Å². The molecule has 1 spiro atoms. The molecule has 0 aromatic heterocycles. The predicted octanol–water partition coefficient (Wildman–Crippen LogP) is 3.98. The maximum absolute atomic E-state index is 14.3. The van der Waals surface area contributed by atoms with Crippen molar-refractivity contribution in [3.8, 4) is 0 Å². The smallest absolute Gasteiger partial charge is 0.303 e. The molecule has 1 aromatic rings. The van der Waals surface area contributed by atoms with Gasteiger partial charge in [-0.15, -0.1) is 0 Å². The van der Waals surface area contributed by atoms with E-state index in [1.807, 2.05) is 18.2 Å². The van der Waals surface area contributed by atoms with E-state index >= 15 is 0 Å². The highest BCUT2D eigenvalue weighted by Crippen LogP contribution is 2.67. The highest BCUT2D eigenvalue weighted by Gasteiger charge is 2.78. The van der Waals surface area contributed by atoms with E-state index in [1.165, 1.54) is 6.92 Å². The van der Waals surface area contributed by atoms with Crippen molar-refractivity contribution >= 4 is 11.9 Å². The summed E-state index contributed by atoms with van der Waals surface area (Å²) in [5, 5.41) is 14.5. The molecule has 4 aliphatic rings. The maximum Gasteiger partial charge on any atom is 0.303 e. The van der Waals surface area contributed by atoms with Gasteiger partial charge in [-0.05, 0) is 56.6 Å². The van der Waals surface area contributed by atoms with E-state index in [2.05, 4.69) is 50.4 Å². The van der Waals surface area contributed by atoms with E-state index in [0.29, 0.717) is 12.8 Å². The summed E-state index contributed by atoms with van der Waals surface area (Å²) in [6.45, 7) is 9.59. The molecule has 36 heavy (non-hydrogen) atoms. The van der Waals surface area contributed by atoms with Crippen molar-refractivity contribution in [1.82, 2.24) is 5.32 Å². The van der Waals surface area contributed by atoms with Crippen molar-refractivity contribution in [2.45, 2.75) is 83.3 Å². The molecular formula is C30H39NO5. The van der Waals surface area contributed by atoms with Gasteiger partial charge in [-0.3, -0.25) is 9.59 Å². The Balaban J connectivity index is 1.68. The molecule has 1 aromatic carbocycles. The second-order valence-electron chi connectivity index (χ2n) is 12.0. The van der Waals surface area contributed by atoms with Crippen LogP contribution in [0.2, 0.25) is 0 Å². The van der Waals surface area contributed by atoms with E-state index in [4.69, 9.17) is 9.47 Å². The molecule has 6 nitrogen and oxygen atoms in total. The Morgan fingerprint density at radius 3 is 2.61 bits per heavy atom. The topological polar surface area (TPSA) is 88.2 Å². The lowest BCUT2D eigenvalue weighted by Crippen LogP contribution is -2.60. The molecular weight excluding hydrogens is 454 g/mol. The van der Waals surface area contributed by atoms with Crippen molar-refractivity contribution in [3.05, 3.63) is 60.2 Å². The fraction of sp³-hybridized carbons (Fsp3) is 0.600. The monoisotopic (exact) mass is 493 g/mol. The van der Waals surface area contributed by atoms with Crippen LogP contribution in [0.15, 0.2) is 54.6 Å². The van der Waals surface area contributed by atoms with Crippen LogP contribution in [0.5, 0.6) is 0 Å². The van der Waals surface area contributed by atoms with Crippen LogP contribution in [0.4, 0.5) is 0 Å². The summed E-state index contributed by atoms with van der Waals surface area (Å²) in [6.07, 6.45) is 8.86. The van der Waals surface area contributed by atoms with Crippen LogP contribution < -0.4 is 5.32 Å². The first-order valence-electron chi connectivity index (χ1n) is 13.3. The zero-order chi connectivity index (χ0) is 25.9. The minimum Gasteiger partial charge on any atom is -0.457 e. The largest absolute Gasteiger partial charge is 0.457 e. The van der Waals surface area contributed by atoms with Crippen LogP contribution in [-0.4, -0.2) is 46.4 Å². The number of esters is 1. The molecule has 5 rings (SSSR count). The van der Waals surface area contributed by atoms with Gasteiger partial charge in [0.1, 0.15) is 11.5 Å². The van der Waals surface area contributed by atoms with Crippen molar-refractivity contribution in [1.29, 1.82) is 0 Å². The number of nitrogens with one attached hydrogen (secondary N) is 1. The standard InChI is InChI=1S/C30H39NO5/c1-18-10-9-13-22-26-29(5,36-26)19(2)25-23(16-21-11-7-6-8-12-21)31-27(33)30(22,25)24(35-20(3)32)14-15-28(4,34)17-18/h6-9,11-15,18-19,22-26,34H,10,16-17H2,1-5H3,(H,31,33)/b13-9-,15-14-/t18-,19-,22-,23-,24+,25-,26-,28-,29+,30+/m0/s1. The number of epoxide rings is 1. The van der Waals surface area contributed by atoms with E-state index < -0.39 is 23.1 Å². The first-order chi connectivity index (χ1) is 17.0. The molecule has 2 saturated heterocycles. The number of fused-ring (bicyclic) bond motifs is 2. The summed E-state index contributed by atoms with van der Waals surface area (Å²) < 4.78 is 12.4. The lowest BCUT2D eigenvalue weighted by atomic mass is 9.51. The van der Waals surface area contributed by atoms with Gasteiger partial charge in [-0.2, -0.15) is 0 Å². The van der Waals surface area contributed by atoms with Gasteiger partial charge in [-0.25, -0.2) is 0 Å². The van der Waals surface area contributed by atoms with Gasteiger partial charge in [0, 0.05) is 24.8 Å². The molecule has 2 N–H and O–H groups in total. The van der Waals surface area contributed by atoms with E-state index in [9.17, 15) is 14.7 Å². The molecule has 10 atom stereocenters. The minimum atomic E-state index is -1.08. The van der Waals surface area contributed by atoms with Gasteiger partial charge in [0.05, 0.1) is 17.3 Å². The number of allylic oxidation sites excluding steroid dienone is 1. The molecule has 6 heteroatoms. The van der Waals surface area contributed by atoms with Crippen LogP contribution >= 0.6 is 0 Å². The van der Waals surface area contributed by atoms with E-state index in [-0.39, 0.29) is 47.3 Å². The zero-order valence-electron chi connectivity index (χ0n) is 21.9. The van der Waals surface area contributed by atoms with Gasteiger partial charge in [0.25, 0.3) is 0 Å². The number of hydrogen-bond donors (Lipinski definition) is 2. The summed E-state index contributed by atoms with van der Waals surface area (Å²) in [4.78, 5) is 26.7. The zero-order valence-corrected chi connectivity index (χ0v) is 21.9. The van der Waals surface area contributed by atoms with Gasteiger partial charge < -0.3 is 19.9 Å². The Labute approximate surface area is 214 Å². The van der Waals surface area contributed by atoms with Gasteiger partial charge in [0.15, 0.2) is 0 Å². The molecule has 1 amide bonds. The third-order valence-electron chi connectivity index (χ3n) is 9.24. The number of carbonyl (C=O) groups is 2. The Bertz CT molecular complexity index is 1080. The summed E-state index contributed by atoms with van der Waals surface area (Å²) >= 11 is 0. The fourth-order valence-corrected chi connectivity index (χ4v) is 7.54. The van der Waals surface area contributed by atoms with Crippen LogP contribution in [-0.2, 0) is 25.5 Å². The number of rotatable bonds is 3. The number of aliphatic hydroxyl groups is 1. The van der Waals surface area contributed by atoms with Gasteiger partial charge >= 0.3 is 5.97 Å². The molecule has 0 unspecified atom stereocenters. The Hall–Kier alpha value is -2.44. The summed E-state index contributed by atoms with van der Waals surface area (Å²) in [7, 11) is 0. The third-order valence-corrected chi connectivity index (χ3v) is 9.24. The maximum atomic E-state index is 14.3. The molecule has 0 bridgehead atoms. The quantitative estimate of drug-likeness (QED) is 0.378. The van der Waals surface area contributed by atoms with Crippen LogP contribution in [0, 0.1) is 29.1 Å². The van der Waals surface area contributed by atoms with Crippen LogP contribution in [0.3, 0.4) is 0 Å². The Morgan fingerprint density at radius 1 is 1.19 bits per heavy atom. The SMILES string of the molecule is CC(=O)O[C@@H]1/C=C\[C@](C)(O)C[C@@H](C)C/C=C\[C@H]2[C@@H]3O[C@]3(C)[C@@H](C)[C@H]3[C@H](Cc4ccccc4)NC(=O)[C@@]312. The first-order valence-corrected chi connectivity index (χ1v) is 13.3. The fourth-order valence-electron chi connectivity index (χ4n) is 7.54. The second kappa shape index (κ2) is 8.84. The number of hydrogen-bond acceptors (Lipinski definition) is 5. The van der Waals surface area contributed by atoms with E-state index in [1.54, 1.807) is 19.1 Å². The molecule has 2 aliphatic carbocycles. The molecule has 1 saturated carbocycles. The molecule has 2 aliphatic heterocycles. The summed E-state index contributed by atoms with van der Waals surface area (Å²) in [5.74, 6) is -0.642. The summed E-state index contributed by atoms with van der Waals surface area (Å²) in [5.41, 5.74) is -1.31. The van der Waals surface area contributed by atoms with Crippen molar-refractivity contribution in [2.75, 3.05) is 0 Å². The number of carbonyl (C=O) groups excluding carboxylic acids is 2. The number of ether oxygens (including phenoxy) is 2. The van der Waals surface area contributed by atoms with Crippen molar-refractivity contribution < 1.29 is 24.2 Å². The highest BCUT2D eigenvalue weighted by atomic mass is 16.6. The second-order valence-corrected chi connectivity index (χ2v) is 12.0. The average molecular weight is 494 g/mol. The number of benzene rings is 1. The highest BCUT2D eigenvalue weighted by molar-refractivity contribution is 5.89. The molecule has 0 radical (unpaired) electrons. The average Bonchev–Trinajstić information content (AvgIpc) is 3.42. The predicted molar refractivity (Wildman–Crippen MR) is 137 cm³/mol. The lowest BCUT2D eigenvalue weighted by Gasteiger charge is -2.49. The van der Waals surface area contributed by atoms with Gasteiger partial charge in [0.2, 0.25) is 5.91 Å². The molecule has 3 fully saturated rings. The third kappa shape index (κ3) is 4.03. The number of amides is 1. The van der Waals surface area contributed by atoms with Crippen molar-refractivity contribution in [3.63, 3.8) is 0 Å². The first kappa shape index (κ1) is 25.2. The Morgan fingerprint density at radius 2 is 1.92 bits per heavy atom. The van der Waals surface area contributed by atoms with Gasteiger partial charge in [-0.1, -0.05) is 62.4 Å². The molecule has 194 valence electrons. The molecule has 2 heterocycles. The summed E-state index contributed by atoms with van der Waals surface area (Å²) in [6, 6.07) is 10.0. The lowest BCUT2D eigenvalue weighted by molar-refractivity contribution is -0.162. The van der Waals surface area contributed by atoms with Crippen LogP contribution in [0.25, 0.3) is 0 Å².